The van der Waals surface area contributed by atoms with Crippen LogP contribution in [0.5, 0.6) is 0 Å². The number of benzene rings is 10. The molecule has 0 saturated carbocycles. The maximum atomic E-state index is 14.1. The van der Waals surface area contributed by atoms with Crippen LogP contribution in [-0.4, -0.2) is 0 Å². The number of thiophene rings is 1. The summed E-state index contributed by atoms with van der Waals surface area (Å²) < 4.78 is 20.5. The van der Waals surface area contributed by atoms with Gasteiger partial charge in [0, 0.05) is 48.6 Å². The minimum Gasteiger partial charge on any atom is -0.456 e. The maximum absolute atomic E-state index is 14.1. The second-order valence-electron chi connectivity index (χ2n) is 18.0. The summed E-state index contributed by atoms with van der Waals surface area (Å²) in [6.07, 6.45) is 0. The van der Waals surface area contributed by atoms with Crippen LogP contribution in [0.25, 0.3) is 88.0 Å². The number of nitrogens with zero attached hydrogens (tertiary/aromatic N) is 1. The van der Waals surface area contributed by atoms with Crippen LogP contribution in [0.1, 0.15) is 21.6 Å². The van der Waals surface area contributed by atoms with Crippen LogP contribution in [0.3, 0.4) is 0 Å². The van der Waals surface area contributed by atoms with Crippen molar-refractivity contribution in [1.82, 2.24) is 0 Å². The lowest BCUT2D eigenvalue weighted by Crippen LogP contribution is -2.25. The van der Waals surface area contributed by atoms with Crippen LogP contribution < -0.4 is 4.90 Å². The smallest absolute Gasteiger partial charge is 0.136 e. The lowest BCUT2D eigenvalue weighted by molar-refractivity contribution is 0.628. The zero-order chi connectivity index (χ0) is 45.6. The Labute approximate surface area is 403 Å². The molecule has 0 atom stereocenters. The van der Waals surface area contributed by atoms with Crippen molar-refractivity contribution in [2.45, 2.75) is 5.41 Å². The van der Waals surface area contributed by atoms with Gasteiger partial charge in [-0.15, -0.1) is 11.3 Å². The number of fused-ring (bicyclic) bond motifs is 13. The lowest BCUT2D eigenvalue weighted by Gasteiger charge is -2.31. The average Bonchev–Trinajstić information content (AvgIpc) is 4.15. The van der Waals surface area contributed by atoms with Gasteiger partial charge in [-0.1, -0.05) is 188 Å². The predicted molar refractivity (Wildman–Crippen MR) is 284 cm³/mol. The normalized spacial score (nSPS) is 12.8. The third-order valence-corrected chi connectivity index (χ3v) is 15.7. The van der Waals surface area contributed by atoms with Crippen molar-refractivity contribution in [3.63, 3.8) is 0 Å². The molecule has 10 aromatic carbocycles. The van der Waals surface area contributed by atoms with Crippen molar-refractivity contribution in [2.24, 2.45) is 0 Å². The van der Waals surface area contributed by atoms with Gasteiger partial charge in [-0.25, -0.2) is 4.39 Å². The van der Waals surface area contributed by atoms with E-state index in [1.165, 1.54) is 77.5 Å². The highest BCUT2D eigenvalue weighted by molar-refractivity contribution is 7.17. The van der Waals surface area contributed by atoms with E-state index in [2.05, 4.69) is 211 Å². The van der Waals surface area contributed by atoms with E-state index >= 15 is 0 Å². The zero-order valence-electron chi connectivity index (χ0n) is 37.2. The zero-order valence-corrected chi connectivity index (χ0v) is 38.1. The molecule has 324 valence electrons. The van der Waals surface area contributed by atoms with Gasteiger partial charge >= 0.3 is 0 Å². The van der Waals surface area contributed by atoms with E-state index in [1.807, 2.05) is 35.6 Å². The monoisotopic (exact) mass is 901 g/mol. The molecule has 0 amide bonds. The molecule has 0 N–H and O–H groups in total. The Balaban J connectivity index is 1.05. The van der Waals surface area contributed by atoms with Crippen molar-refractivity contribution >= 4 is 50.3 Å². The number of furan rings is 1. The predicted octanol–water partition coefficient (Wildman–Crippen LogP) is 18.3. The molecule has 1 spiro atoms. The molecule has 2 aliphatic rings. The highest BCUT2D eigenvalue weighted by atomic mass is 32.1. The third-order valence-electron chi connectivity index (χ3n) is 14.4. The number of halogens is 1. The number of hydrogen-bond acceptors (Lipinski definition) is 3. The van der Waals surface area contributed by atoms with Gasteiger partial charge in [0.1, 0.15) is 17.0 Å². The molecule has 2 nitrogen and oxygen atoms in total. The van der Waals surface area contributed by atoms with E-state index in [0.29, 0.717) is 0 Å². The quantitative estimate of drug-likeness (QED) is 0.158. The fourth-order valence-corrected chi connectivity index (χ4v) is 13.0. The summed E-state index contributed by atoms with van der Waals surface area (Å²) in [7, 11) is 0. The van der Waals surface area contributed by atoms with Gasteiger partial charge in [-0.2, -0.15) is 0 Å². The molecule has 0 bridgehead atoms. The van der Waals surface area contributed by atoms with E-state index in [1.54, 1.807) is 0 Å². The van der Waals surface area contributed by atoms with Crippen LogP contribution in [0.4, 0.5) is 21.5 Å². The molecule has 0 saturated heterocycles. The van der Waals surface area contributed by atoms with E-state index in [4.69, 9.17) is 4.42 Å². The molecule has 0 aliphatic heterocycles. The number of anilines is 3. The van der Waals surface area contributed by atoms with Gasteiger partial charge in [0.2, 0.25) is 0 Å². The first-order valence-electron chi connectivity index (χ1n) is 23.4. The number of para-hydroxylation sites is 1. The first kappa shape index (κ1) is 39.6. The summed E-state index contributed by atoms with van der Waals surface area (Å²) in [6, 6.07) is 86.1. The first-order chi connectivity index (χ1) is 34.1. The molecule has 4 heteroatoms. The average molecular weight is 902 g/mol. The Morgan fingerprint density at radius 3 is 1.58 bits per heavy atom. The first-order valence-corrected chi connectivity index (χ1v) is 24.2. The summed E-state index contributed by atoms with van der Waals surface area (Å²) in [5.41, 5.74) is 21.1. The summed E-state index contributed by atoms with van der Waals surface area (Å²) in [4.78, 5) is 5.03. The SMILES string of the molecule is Fc1ccc(-c2ccc(N(c3ccc(-c4cccc5oc6ccccc6c45)cc3)c3cccc4c3-c3c(sc(-c5ccccc5)c3-c3ccccc3)C43c4ccccc4-c4ccccc43)cc2)cc1. The lowest BCUT2D eigenvalue weighted by atomic mass is 9.74. The Bertz CT molecular complexity index is 3900. The summed E-state index contributed by atoms with van der Waals surface area (Å²) in [5.74, 6) is -0.247. The fourth-order valence-electron chi connectivity index (χ4n) is 11.5. The summed E-state index contributed by atoms with van der Waals surface area (Å²) in [6.45, 7) is 0. The molecule has 0 unspecified atom stereocenters. The molecule has 0 fully saturated rings. The minimum atomic E-state index is -0.566. The van der Waals surface area contributed by atoms with Crippen molar-refractivity contribution in [3.8, 4) is 66.1 Å². The van der Waals surface area contributed by atoms with Crippen molar-refractivity contribution in [1.29, 1.82) is 0 Å². The second kappa shape index (κ2) is 15.5. The number of rotatable bonds is 7. The van der Waals surface area contributed by atoms with Crippen LogP contribution in [-0.2, 0) is 5.41 Å². The molecule has 2 aliphatic carbocycles. The van der Waals surface area contributed by atoms with Gasteiger partial charge in [-0.05, 0) is 116 Å². The molecule has 2 heterocycles. The third kappa shape index (κ3) is 5.89. The fraction of sp³-hybridized carbons (Fsp3) is 0.0154. The van der Waals surface area contributed by atoms with Gasteiger partial charge in [0.15, 0.2) is 0 Å². The highest BCUT2D eigenvalue weighted by Crippen LogP contribution is 2.69. The molecular weight excluding hydrogens is 862 g/mol. The second-order valence-corrected chi connectivity index (χ2v) is 19.0. The van der Waals surface area contributed by atoms with E-state index < -0.39 is 5.41 Å². The number of hydrogen-bond donors (Lipinski definition) is 0. The molecule has 0 radical (unpaired) electrons. The summed E-state index contributed by atoms with van der Waals surface area (Å²) >= 11 is 1.94. The van der Waals surface area contributed by atoms with E-state index in [0.717, 1.165) is 61.3 Å². The largest absolute Gasteiger partial charge is 0.456 e. The Kier molecular flexibility index (Phi) is 8.89. The minimum absolute atomic E-state index is 0.247. The molecule has 2 aromatic heterocycles. The Morgan fingerprint density at radius 2 is 0.899 bits per heavy atom. The van der Waals surface area contributed by atoms with Gasteiger partial charge in [-0.3, -0.25) is 0 Å². The standard InChI is InChI=1S/C65H40FNOS/c66-46-35-29-41(30-36-46)42-31-37-47(38-32-42)67(48-39-33-43(34-40-48)49-22-13-28-58-60(49)52-21-9-12-27-57(52)68-58)56-26-14-25-55-61(56)62-59(44-15-3-1-4-16-44)63(45-17-5-2-6-18-45)69-64(62)65(55)53-23-10-7-19-50(53)51-20-8-11-24-54(51)65/h1-40H. The van der Waals surface area contributed by atoms with Gasteiger partial charge in [0.25, 0.3) is 0 Å². The molecule has 14 rings (SSSR count). The van der Waals surface area contributed by atoms with E-state index in [-0.39, 0.29) is 5.82 Å². The summed E-state index contributed by atoms with van der Waals surface area (Å²) in [5, 5.41) is 2.22. The topological polar surface area (TPSA) is 16.4 Å². The van der Waals surface area contributed by atoms with E-state index in [9.17, 15) is 4.39 Å². The van der Waals surface area contributed by atoms with Crippen LogP contribution in [0.2, 0.25) is 0 Å². The highest BCUT2D eigenvalue weighted by Gasteiger charge is 2.55. The van der Waals surface area contributed by atoms with Crippen molar-refractivity contribution in [3.05, 3.63) is 270 Å². The van der Waals surface area contributed by atoms with Crippen LogP contribution >= 0.6 is 11.3 Å². The molecule has 12 aromatic rings. The van der Waals surface area contributed by atoms with Crippen LogP contribution in [0, 0.1) is 5.82 Å². The molecule has 69 heavy (non-hydrogen) atoms. The van der Waals surface area contributed by atoms with Gasteiger partial charge < -0.3 is 9.32 Å². The Morgan fingerprint density at radius 1 is 0.377 bits per heavy atom. The maximum Gasteiger partial charge on any atom is 0.136 e. The molecular formula is C65H40FNOS. The van der Waals surface area contributed by atoms with Gasteiger partial charge in [0.05, 0.1) is 11.1 Å². The van der Waals surface area contributed by atoms with Crippen molar-refractivity contribution in [2.75, 3.05) is 4.90 Å². The Hall–Kier alpha value is -8.57. The van der Waals surface area contributed by atoms with Crippen LogP contribution in [0.15, 0.2) is 247 Å². The van der Waals surface area contributed by atoms with Crippen molar-refractivity contribution < 1.29 is 8.81 Å².